The SMILES string of the molecule is CCOCCOC(=O)c1cccc(NC(=O)c2cccc(Cl)c2)c1. The van der Waals surface area contributed by atoms with Gasteiger partial charge in [0.25, 0.3) is 5.91 Å². The van der Waals surface area contributed by atoms with Crippen molar-refractivity contribution >= 4 is 29.2 Å². The third kappa shape index (κ3) is 5.37. The number of anilines is 1. The fourth-order valence-corrected chi connectivity index (χ4v) is 2.17. The molecule has 0 aliphatic heterocycles. The number of hydrogen-bond acceptors (Lipinski definition) is 4. The largest absolute Gasteiger partial charge is 0.460 e. The average Bonchev–Trinajstić information content (AvgIpc) is 2.59. The van der Waals surface area contributed by atoms with E-state index in [1.54, 1.807) is 48.5 Å². The number of nitrogens with one attached hydrogen (secondary N) is 1. The van der Waals surface area contributed by atoms with E-state index in [-0.39, 0.29) is 12.5 Å². The summed E-state index contributed by atoms with van der Waals surface area (Å²) in [6, 6.07) is 13.2. The number of rotatable bonds is 7. The van der Waals surface area contributed by atoms with Crippen molar-refractivity contribution in [2.45, 2.75) is 6.92 Å². The smallest absolute Gasteiger partial charge is 0.338 e. The van der Waals surface area contributed by atoms with E-state index in [0.29, 0.717) is 35.1 Å². The van der Waals surface area contributed by atoms with Crippen LogP contribution < -0.4 is 5.32 Å². The second-order valence-corrected chi connectivity index (χ2v) is 5.31. The average molecular weight is 348 g/mol. The van der Waals surface area contributed by atoms with Crippen molar-refractivity contribution in [2.24, 2.45) is 0 Å². The zero-order valence-corrected chi connectivity index (χ0v) is 14.0. The lowest BCUT2D eigenvalue weighted by atomic mass is 10.1. The number of carbonyl (C=O) groups excluding carboxylic acids is 2. The standard InChI is InChI=1S/C18H18ClNO4/c1-2-23-9-10-24-18(22)14-6-4-8-16(12-14)20-17(21)13-5-3-7-15(19)11-13/h3-8,11-12H,2,9-10H2,1H3,(H,20,21). The molecular formula is C18H18ClNO4. The van der Waals surface area contributed by atoms with Crippen LogP contribution in [0.1, 0.15) is 27.6 Å². The van der Waals surface area contributed by atoms with Gasteiger partial charge in [-0.2, -0.15) is 0 Å². The molecule has 2 aromatic carbocycles. The molecule has 126 valence electrons. The molecule has 0 atom stereocenters. The van der Waals surface area contributed by atoms with Gasteiger partial charge < -0.3 is 14.8 Å². The topological polar surface area (TPSA) is 64.6 Å². The minimum absolute atomic E-state index is 0.186. The Bertz CT molecular complexity index is 718. The summed E-state index contributed by atoms with van der Waals surface area (Å²) in [6.45, 7) is 2.98. The fraction of sp³-hybridized carbons (Fsp3) is 0.222. The van der Waals surface area contributed by atoms with Gasteiger partial charge in [0, 0.05) is 22.9 Å². The minimum Gasteiger partial charge on any atom is -0.460 e. The zero-order chi connectivity index (χ0) is 17.4. The Balaban J connectivity index is 1.99. The first-order chi connectivity index (χ1) is 11.6. The highest BCUT2D eigenvalue weighted by Crippen LogP contribution is 2.15. The second-order valence-electron chi connectivity index (χ2n) is 4.88. The zero-order valence-electron chi connectivity index (χ0n) is 13.3. The number of halogens is 1. The van der Waals surface area contributed by atoms with E-state index in [0.717, 1.165) is 0 Å². The van der Waals surface area contributed by atoms with Gasteiger partial charge in [0.05, 0.1) is 12.2 Å². The van der Waals surface area contributed by atoms with Crippen LogP contribution in [-0.4, -0.2) is 31.7 Å². The van der Waals surface area contributed by atoms with Crippen LogP contribution in [0, 0.1) is 0 Å². The van der Waals surface area contributed by atoms with Gasteiger partial charge >= 0.3 is 5.97 Å². The van der Waals surface area contributed by atoms with Gasteiger partial charge in [-0.1, -0.05) is 23.7 Å². The Labute approximate surface area is 145 Å². The molecular weight excluding hydrogens is 330 g/mol. The Kier molecular flexibility index (Phi) is 6.78. The molecule has 0 spiro atoms. The van der Waals surface area contributed by atoms with Crippen molar-refractivity contribution < 1.29 is 19.1 Å². The number of esters is 1. The first kappa shape index (κ1) is 18.0. The lowest BCUT2D eigenvalue weighted by Gasteiger charge is -2.08. The van der Waals surface area contributed by atoms with Gasteiger partial charge in [-0.05, 0) is 43.3 Å². The molecule has 0 radical (unpaired) electrons. The minimum atomic E-state index is -0.464. The van der Waals surface area contributed by atoms with E-state index in [1.165, 1.54) is 0 Å². The molecule has 0 saturated carbocycles. The predicted octanol–water partition coefficient (Wildman–Crippen LogP) is 3.79. The first-order valence-electron chi connectivity index (χ1n) is 7.52. The summed E-state index contributed by atoms with van der Waals surface area (Å²) >= 11 is 5.88. The maximum atomic E-state index is 12.2. The molecule has 0 aliphatic rings. The van der Waals surface area contributed by atoms with Crippen LogP contribution in [-0.2, 0) is 9.47 Å². The van der Waals surface area contributed by atoms with Gasteiger partial charge in [0.2, 0.25) is 0 Å². The molecule has 2 rings (SSSR count). The van der Waals surface area contributed by atoms with Crippen LogP contribution in [0.25, 0.3) is 0 Å². The summed E-state index contributed by atoms with van der Waals surface area (Å²) in [5.74, 6) is -0.770. The normalized spacial score (nSPS) is 10.2. The maximum absolute atomic E-state index is 12.2. The van der Waals surface area contributed by atoms with Crippen LogP contribution in [0.3, 0.4) is 0 Å². The van der Waals surface area contributed by atoms with Gasteiger partial charge in [0.1, 0.15) is 6.61 Å². The van der Waals surface area contributed by atoms with Crippen molar-refractivity contribution in [3.8, 4) is 0 Å². The van der Waals surface area contributed by atoms with Crippen molar-refractivity contribution in [3.63, 3.8) is 0 Å². The third-order valence-corrected chi connectivity index (χ3v) is 3.34. The van der Waals surface area contributed by atoms with Crippen LogP contribution in [0.5, 0.6) is 0 Å². The molecule has 6 heteroatoms. The molecule has 1 amide bonds. The predicted molar refractivity (Wildman–Crippen MR) is 92.6 cm³/mol. The fourth-order valence-electron chi connectivity index (χ4n) is 1.98. The summed E-state index contributed by atoms with van der Waals surface area (Å²) in [5.41, 5.74) is 1.29. The van der Waals surface area contributed by atoms with E-state index in [9.17, 15) is 9.59 Å². The first-order valence-corrected chi connectivity index (χ1v) is 7.90. The molecule has 0 fully saturated rings. The molecule has 0 heterocycles. The molecule has 24 heavy (non-hydrogen) atoms. The number of carbonyl (C=O) groups is 2. The van der Waals surface area contributed by atoms with E-state index >= 15 is 0 Å². The van der Waals surface area contributed by atoms with E-state index in [1.807, 2.05) is 6.92 Å². The van der Waals surface area contributed by atoms with Gasteiger partial charge in [0.15, 0.2) is 0 Å². The van der Waals surface area contributed by atoms with Crippen LogP contribution in [0.2, 0.25) is 5.02 Å². The van der Waals surface area contributed by atoms with Crippen molar-refractivity contribution in [1.82, 2.24) is 0 Å². The maximum Gasteiger partial charge on any atom is 0.338 e. The second kappa shape index (κ2) is 9.05. The van der Waals surface area contributed by atoms with E-state index in [4.69, 9.17) is 21.1 Å². The van der Waals surface area contributed by atoms with Crippen LogP contribution in [0.4, 0.5) is 5.69 Å². The highest BCUT2D eigenvalue weighted by atomic mass is 35.5. The molecule has 2 aromatic rings. The number of ether oxygens (including phenoxy) is 2. The van der Waals surface area contributed by atoms with Gasteiger partial charge in [-0.3, -0.25) is 4.79 Å². The summed E-state index contributed by atoms with van der Waals surface area (Å²) in [7, 11) is 0. The van der Waals surface area contributed by atoms with Crippen molar-refractivity contribution in [1.29, 1.82) is 0 Å². The molecule has 0 aliphatic carbocycles. The van der Waals surface area contributed by atoms with E-state index < -0.39 is 5.97 Å². The summed E-state index contributed by atoms with van der Waals surface area (Å²) < 4.78 is 10.2. The molecule has 1 N–H and O–H groups in total. The Hall–Kier alpha value is -2.37. The lowest BCUT2D eigenvalue weighted by molar-refractivity contribution is 0.0335. The summed E-state index contributed by atoms with van der Waals surface area (Å²) in [5, 5.41) is 3.21. The Morgan fingerprint density at radius 3 is 2.54 bits per heavy atom. The van der Waals surface area contributed by atoms with Gasteiger partial charge in [-0.25, -0.2) is 4.79 Å². The summed E-state index contributed by atoms with van der Waals surface area (Å²) in [4.78, 5) is 24.1. The Morgan fingerprint density at radius 2 is 1.79 bits per heavy atom. The van der Waals surface area contributed by atoms with Crippen LogP contribution >= 0.6 is 11.6 Å². The van der Waals surface area contributed by atoms with E-state index in [2.05, 4.69) is 5.32 Å². The molecule has 0 saturated heterocycles. The van der Waals surface area contributed by atoms with Crippen molar-refractivity contribution in [3.05, 3.63) is 64.7 Å². The Morgan fingerprint density at radius 1 is 1.04 bits per heavy atom. The highest BCUT2D eigenvalue weighted by Gasteiger charge is 2.10. The number of hydrogen-bond donors (Lipinski definition) is 1. The molecule has 5 nitrogen and oxygen atoms in total. The number of benzene rings is 2. The van der Waals surface area contributed by atoms with Crippen LogP contribution in [0.15, 0.2) is 48.5 Å². The number of amides is 1. The third-order valence-electron chi connectivity index (χ3n) is 3.11. The summed E-state index contributed by atoms with van der Waals surface area (Å²) in [6.07, 6.45) is 0. The molecule has 0 aromatic heterocycles. The molecule has 0 bridgehead atoms. The quantitative estimate of drug-likeness (QED) is 0.611. The van der Waals surface area contributed by atoms with Gasteiger partial charge in [-0.15, -0.1) is 0 Å². The lowest BCUT2D eigenvalue weighted by Crippen LogP contribution is -2.13. The monoisotopic (exact) mass is 347 g/mol. The highest BCUT2D eigenvalue weighted by molar-refractivity contribution is 6.31. The molecule has 0 unspecified atom stereocenters. The van der Waals surface area contributed by atoms with Crippen molar-refractivity contribution in [2.75, 3.05) is 25.1 Å².